The minimum absolute atomic E-state index is 0.648. The Morgan fingerprint density at radius 2 is 2.00 bits per heavy atom. The topological polar surface area (TPSA) is 29.5 Å². The van der Waals surface area contributed by atoms with Crippen LogP contribution in [-0.2, 0) is 6.42 Å². The predicted molar refractivity (Wildman–Crippen MR) is 78.6 cm³/mol. The fraction of sp³-hybridized carbons (Fsp3) is 0.250. The molecule has 0 bridgehead atoms. The number of rotatable bonds is 2. The molecule has 1 aliphatic heterocycles. The number of aliphatic hydroxyl groups excluding tert-OH is 1. The zero-order valence-electron chi connectivity index (χ0n) is 10.7. The summed E-state index contributed by atoms with van der Waals surface area (Å²) in [6.45, 7) is 2.71. The number of aliphatic hydroxyl groups is 1. The molecular weight excluding hydrogens is 304 g/mol. The lowest BCUT2D eigenvalue weighted by atomic mass is 9.95. The summed E-state index contributed by atoms with van der Waals surface area (Å²) in [5.74, 6) is 0.846. The molecule has 2 aromatic carbocycles. The Bertz CT molecular complexity index is 622. The van der Waals surface area contributed by atoms with Gasteiger partial charge in [0.1, 0.15) is 11.9 Å². The van der Waals surface area contributed by atoms with Gasteiger partial charge in [-0.05, 0) is 35.7 Å². The second-order valence-electron chi connectivity index (χ2n) is 4.84. The van der Waals surface area contributed by atoms with Gasteiger partial charge in [0.15, 0.2) is 0 Å². The number of hydrogen-bond acceptors (Lipinski definition) is 2. The van der Waals surface area contributed by atoms with E-state index < -0.39 is 6.10 Å². The van der Waals surface area contributed by atoms with Crippen LogP contribution in [0.1, 0.15) is 28.4 Å². The van der Waals surface area contributed by atoms with Crippen molar-refractivity contribution in [2.45, 2.75) is 19.4 Å². The molecule has 0 fully saturated rings. The van der Waals surface area contributed by atoms with Gasteiger partial charge in [-0.1, -0.05) is 40.2 Å². The van der Waals surface area contributed by atoms with Crippen molar-refractivity contribution < 1.29 is 9.84 Å². The Balaban J connectivity index is 2.10. The molecule has 0 aliphatic carbocycles. The van der Waals surface area contributed by atoms with Crippen molar-refractivity contribution in [3.63, 3.8) is 0 Å². The maximum Gasteiger partial charge on any atom is 0.128 e. The van der Waals surface area contributed by atoms with Gasteiger partial charge < -0.3 is 9.84 Å². The van der Waals surface area contributed by atoms with Gasteiger partial charge in [-0.25, -0.2) is 0 Å². The number of fused-ring (bicyclic) bond motifs is 1. The average Bonchev–Trinajstić information content (AvgIpc) is 2.85. The van der Waals surface area contributed by atoms with Crippen LogP contribution in [0.25, 0.3) is 0 Å². The summed E-state index contributed by atoms with van der Waals surface area (Å²) in [5.41, 5.74) is 4.02. The van der Waals surface area contributed by atoms with Crippen molar-refractivity contribution in [2.75, 3.05) is 6.61 Å². The largest absolute Gasteiger partial charge is 0.493 e. The Kier molecular flexibility index (Phi) is 3.33. The summed E-state index contributed by atoms with van der Waals surface area (Å²) in [6.07, 6.45) is 0.257. The molecule has 98 valence electrons. The van der Waals surface area contributed by atoms with Crippen LogP contribution >= 0.6 is 15.9 Å². The lowest BCUT2D eigenvalue weighted by Gasteiger charge is -2.17. The lowest BCUT2D eigenvalue weighted by Crippen LogP contribution is -2.04. The number of benzene rings is 2. The van der Waals surface area contributed by atoms with E-state index in [1.54, 1.807) is 0 Å². The van der Waals surface area contributed by atoms with Gasteiger partial charge in [0.2, 0.25) is 0 Å². The van der Waals surface area contributed by atoms with Gasteiger partial charge in [-0.15, -0.1) is 0 Å². The van der Waals surface area contributed by atoms with E-state index in [1.807, 2.05) is 37.3 Å². The van der Waals surface area contributed by atoms with Crippen LogP contribution in [0.3, 0.4) is 0 Å². The van der Waals surface area contributed by atoms with Crippen LogP contribution in [0.4, 0.5) is 0 Å². The first-order valence-electron chi connectivity index (χ1n) is 6.35. The van der Waals surface area contributed by atoms with Crippen molar-refractivity contribution in [3.8, 4) is 5.75 Å². The predicted octanol–water partition coefficient (Wildman–Crippen LogP) is 3.77. The van der Waals surface area contributed by atoms with Gasteiger partial charge >= 0.3 is 0 Å². The van der Waals surface area contributed by atoms with Crippen LogP contribution in [-0.4, -0.2) is 11.7 Å². The molecule has 1 heterocycles. The molecule has 0 saturated carbocycles. The maximum atomic E-state index is 10.7. The Labute approximate surface area is 121 Å². The summed E-state index contributed by atoms with van der Waals surface area (Å²) >= 11 is 3.51. The molecule has 0 saturated heterocycles. The van der Waals surface area contributed by atoms with E-state index in [2.05, 4.69) is 22.0 Å². The summed E-state index contributed by atoms with van der Waals surface area (Å²) in [5, 5.41) is 10.7. The first-order valence-corrected chi connectivity index (χ1v) is 7.15. The number of aryl methyl sites for hydroxylation is 1. The third-order valence-corrected chi connectivity index (χ3v) is 4.01. The van der Waals surface area contributed by atoms with E-state index in [1.165, 1.54) is 0 Å². The van der Waals surface area contributed by atoms with Crippen LogP contribution in [0.2, 0.25) is 0 Å². The molecule has 2 nitrogen and oxygen atoms in total. The number of halogens is 1. The molecule has 1 atom stereocenters. The zero-order chi connectivity index (χ0) is 13.4. The highest BCUT2D eigenvalue weighted by Gasteiger charge is 2.23. The van der Waals surface area contributed by atoms with Gasteiger partial charge in [-0.2, -0.15) is 0 Å². The van der Waals surface area contributed by atoms with Crippen LogP contribution in [0.5, 0.6) is 5.75 Å². The molecule has 1 aliphatic rings. The number of ether oxygens (including phenoxy) is 1. The first kappa shape index (κ1) is 12.7. The SMILES string of the molecule is Cc1ccccc1C(O)c1cc(Br)cc2c1OCC2. The fourth-order valence-corrected chi connectivity index (χ4v) is 3.09. The molecule has 0 spiro atoms. The quantitative estimate of drug-likeness (QED) is 0.913. The maximum absolute atomic E-state index is 10.7. The second kappa shape index (κ2) is 4.99. The highest BCUT2D eigenvalue weighted by molar-refractivity contribution is 9.10. The molecule has 3 heteroatoms. The van der Waals surface area contributed by atoms with Gasteiger partial charge in [0.25, 0.3) is 0 Å². The Hall–Kier alpha value is -1.32. The van der Waals surface area contributed by atoms with Crippen molar-refractivity contribution in [3.05, 3.63) is 63.1 Å². The standard InChI is InChI=1S/C16H15BrO2/c1-10-4-2-3-5-13(10)15(18)14-9-12(17)8-11-6-7-19-16(11)14/h2-5,8-9,15,18H,6-7H2,1H3. The highest BCUT2D eigenvalue weighted by atomic mass is 79.9. The van der Waals surface area contributed by atoms with Crippen molar-refractivity contribution in [2.24, 2.45) is 0 Å². The van der Waals surface area contributed by atoms with Crippen LogP contribution in [0.15, 0.2) is 40.9 Å². The minimum Gasteiger partial charge on any atom is -0.493 e. The van der Waals surface area contributed by atoms with E-state index in [0.29, 0.717) is 6.61 Å². The summed E-state index contributed by atoms with van der Waals surface area (Å²) in [7, 11) is 0. The zero-order valence-corrected chi connectivity index (χ0v) is 12.3. The fourth-order valence-electron chi connectivity index (χ4n) is 2.56. The molecule has 19 heavy (non-hydrogen) atoms. The third-order valence-electron chi connectivity index (χ3n) is 3.55. The lowest BCUT2D eigenvalue weighted by molar-refractivity contribution is 0.213. The minimum atomic E-state index is -0.648. The van der Waals surface area contributed by atoms with Gasteiger partial charge in [-0.3, -0.25) is 0 Å². The van der Waals surface area contributed by atoms with Gasteiger partial charge in [0, 0.05) is 16.5 Å². The van der Waals surface area contributed by atoms with Crippen molar-refractivity contribution in [1.29, 1.82) is 0 Å². The normalized spacial score (nSPS) is 14.9. The molecule has 0 radical (unpaired) electrons. The molecule has 0 amide bonds. The van der Waals surface area contributed by atoms with E-state index in [4.69, 9.17) is 4.74 Å². The Morgan fingerprint density at radius 1 is 1.21 bits per heavy atom. The van der Waals surface area contributed by atoms with E-state index in [-0.39, 0.29) is 0 Å². The van der Waals surface area contributed by atoms with E-state index >= 15 is 0 Å². The summed E-state index contributed by atoms with van der Waals surface area (Å²) < 4.78 is 6.67. The van der Waals surface area contributed by atoms with Crippen molar-refractivity contribution >= 4 is 15.9 Å². The highest BCUT2D eigenvalue weighted by Crippen LogP contribution is 2.39. The molecule has 3 rings (SSSR count). The van der Waals surface area contributed by atoms with Crippen LogP contribution < -0.4 is 4.74 Å². The molecule has 2 aromatic rings. The second-order valence-corrected chi connectivity index (χ2v) is 5.76. The monoisotopic (exact) mass is 318 g/mol. The molecule has 1 N–H and O–H groups in total. The van der Waals surface area contributed by atoms with E-state index in [9.17, 15) is 5.11 Å². The summed E-state index contributed by atoms with van der Waals surface area (Å²) in [4.78, 5) is 0. The summed E-state index contributed by atoms with van der Waals surface area (Å²) in [6, 6.07) is 11.9. The van der Waals surface area contributed by atoms with Gasteiger partial charge in [0.05, 0.1) is 6.61 Å². The molecule has 0 aromatic heterocycles. The third kappa shape index (κ3) is 2.28. The number of hydrogen-bond donors (Lipinski definition) is 1. The van der Waals surface area contributed by atoms with Crippen molar-refractivity contribution in [1.82, 2.24) is 0 Å². The smallest absolute Gasteiger partial charge is 0.128 e. The molecular formula is C16H15BrO2. The Morgan fingerprint density at radius 3 is 2.79 bits per heavy atom. The van der Waals surface area contributed by atoms with Crippen LogP contribution in [0, 0.1) is 6.92 Å². The first-order chi connectivity index (χ1) is 9.16. The van der Waals surface area contributed by atoms with E-state index in [0.717, 1.165) is 38.9 Å². The average molecular weight is 319 g/mol. The molecule has 1 unspecified atom stereocenters.